The quantitative estimate of drug-likeness (QED) is 0.464. The van der Waals surface area contributed by atoms with Gasteiger partial charge in [-0.2, -0.15) is 0 Å². The summed E-state index contributed by atoms with van der Waals surface area (Å²) in [7, 11) is 0. The van der Waals surface area contributed by atoms with Gasteiger partial charge in [-0.05, 0) is 19.5 Å². The Balaban J connectivity index is 0. The zero-order valence-corrected chi connectivity index (χ0v) is 7.00. The van der Waals surface area contributed by atoms with E-state index in [2.05, 4.69) is 17.2 Å². The summed E-state index contributed by atoms with van der Waals surface area (Å²) in [6.07, 6.45) is 1.000. The van der Waals surface area contributed by atoms with E-state index in [4.69, 9.17) is 5.41 Å². The third kappa shape index (κ3) is 10.6. The van der Waals surface area contributed by atoms with E-state index in [1.54, 1.807) is 0 Å². The fourth-order valence-corrected chi connectivity index (χ4v) is 0.516. The largest absolute Gasteiger partial charge is 0.317 e. The summed E-state index contributed by atoms with van der Waals surface area (Å²) in [5, 5.41) is 9.60. The van der Waals surface area contributed by atoms with Crippen LogP contribution in [-0.4, -0.2) is 25.6 Å². The summed E-state index contributed by atoms with van der Waals surface area (Å²) in [5.41, 5.74) is 0. The van der Waals surface area contributed by atoms with Crippen LogP contribution >= 0.6 is 12.4 Å². The van der Waals surface area contributed by atoms with Crippen LogP contribution in [0.1, 0.15) is 13.3 Å². The van der Waals surface area contributed by atoms with Gasteiger partial charge in [-0.25, -0.2) is 10.4 Å². The first-order valence-corrected chi connectivity index (χ1v) is 3.20. The molecule has 0 unspecified atom stereocenters. The minimum absolute atomic E-state index is 0. The first-order valence-electron chi connectivity index (χ1n) is 3.20. The zero-order chi connectivity index (χ0) is 6.95. The third-order valence-electron chi connectivity index (χ3n) is 0.953. The van der Waals surface area contributed by atoms with Crippen LogP contribution < -0.4 is 5.32 Å². The molecule has 0 aliphatic carbocycles. The van der Waals surface area contributed by atoms with Gasteiger partial charge in [-0.1, -0.05) is 6.92 Å². The molecule has 4 heteroatoms. The van der Waals surface area contributed by atoms with Crippen molar-refractivity contribution in [3.05, 3.63) is 0 Å². The first kappa shape index (κ1) is 12.3. The van der Waals surface area contributed by atoms with Crippen molar-refractivity contribution in [2.45, 2.75) is 13.3 Å². The van der Waals surface area contributed by atoms with E-state index in [0.717, 1.165) is 26.1 Å². The molecule has 60 valence electrons. The zero-order valence-electron chi connectivity index (χ0n) is 6.18. The highest BCUT2D eigenvalue weighted by Crippen LogP contribution is 1.75. The molecule has 0 amide bonds. The molecule has 3 nitrogen and oxygen atoms in total. The molecule has 0 fully saturated rings. The van der Waals surface area contributed by atoms with E-state index in [-0.39, 0.29) is 12.4 Å². The summed E-state index contributed by atoms with van der Waals surface area (Å²) in [5.74, 6) is 0. The van der Waals surface area contributed by atoms with Crippen LogP contribution in [0.3, 0.4) is 0 Å². The van der Waals surface area contributed by atoms with Gasteiger partial charge in [-0.15, -0.1) is 12.4 Å². The highest BCUT2D eigenvalue weighted by atomic mass is 35.5. The Kier molecular flexibility index (Phi) is 14.1. The Labute approximate surface area is 67.8 Å². The Hall–Kier alpha value is -0.370. The van der Waals surface area contributed by atoms with Gasteiger partial charge in [-0.3, -0.25) is 0 Å². The molecule has 0 aromatic carbocycles. The lowest BCUT2D eigenvalue weighted by atomic mass is 10.4. The molecule has 0 aromatic rings. The Morgan fingerprint density at radius 3 is 2.80 bits per heavy atom. The van der Waals surface area contributed by atoms with Gasteiger partial charge in [0.2, 0.25) is 0 Å². The Morgan fingerprint density at radius 1 is 1.60 bits per heavy atom. The molecule has 0 aliphatic heterocycles. The SMILES string of the molecule is CCNCCCN=C=N.Cl. The second-order valence-corrected chi connectivity index (χ2v) is 1.70. The highest BCUT2D eigenvalue weighted by Gasteiger charge is 1.80. The number of hydrogen-bond donors (Lipinski definition) is 2. The summed E-state index contributed by atoms with van der Waals surface area (Å²) < 4.78 is 0. The minimum Gasteiger partial charge on any atom is -0.317 e. The van der Waals surface area contributed by atoms with E-state index < -0.39 is 0 Å². The number of rotatable bonds is 5. The van der Waals surface area contributed by atoms with Gasteiger partial charge >= 0.3 is 0 Å². The normalized spacial score (nSPS) is 7.70. The molecular weight excluding hydrogens is 150 g/mol. The lowest BCUT2D eigenvalue weighted by Crippen LogP contribution is -2.14. The topological polar surface area (TPSA) is 48.2 Å². The van der Waals surface area contributed by atoms with Crippen molar-refractivity contribution in [1.29, 1.82) is 5.41 Å². The fourth-order valence-electron chi connectivity index (χ4n) is 0.516. The Bertz CT molecular complexity index is 99.2. The highest BCUT2D eigenvalue weighted by molar-refractivity contribution is 5.85. The van der Waals surface area contributed by atoms with Crippen LogP contribution in [0.25, 0.3) is 0 Å². The van der Waals surface area contributed by atoms with Crippen molar-refractivity contribution in [2.75, 3.05) is 19.6 Å². The molecule has 0 heterocycles. The van der Waals surface area contributed by atoms with E-state index >= 15 is 0 Å². The molecule has 0 saturated heterocycles. The molecule has 0 rings (SSSR count). The van der Waals surface area contributed by atoms with Crippen LogP contribution in [0, 0.1) is 5.41 Å². The molecule has 0 radical (unpaired) electrons. The Morgan fingerprint density at radius 2 is 2.30 bits per heavy atom. The summed E-state index contributed by atoms with van der Waals surface area (Å²) >= 11 is 0. The molecule has 2 N–H and O–H groups in total. The number of hydrogen-bond acceptors (Lipinski definition) is 3. The number of nitrogens with zero attached hydrogens (tertiary/aromatic N) is 1. The van der Waals surface area contributed by atoms with Crippen LogP contribution in [0.5, 0.6) is 0 Å². The van der Waals surface area contributed by atoms with E-state index in [9.17, 15) is 0 Å². The smallest absolute Gasteiger partial charge is 0.0861 e. The lowest BCUT2D eigenvalue weighted by molar-refractivity contribution is 0.680. The predicted octanol–water partition coefficient (Wildman–Crippen LogP) is 1.16. The molecule has 0 bridgehead atoms. The average molecular weight is 164 g/mol. The molecule has 0 atom stereocenters. The second kappa shape index (κ2) is 11.4. The summed E-state index contributed by atoms with van der Waals surface area (Å²) in [4.78, 5) is 3.62. The maximum Gasteiger partial charge on any atom is 0.0861 e. The molecule has 0 saturated carbocycles. The van der Waals surface area contributed by atoms with Gasteiger partial charge in [0.25, 0.3) is 0 Å². The van der Waals surface area contributed by atoms with E-state index in [1.165, 1.54) is 0 Å². The molecular formula is C6H14ClN3. The van der Waals surface area contributed by atoms with Crippen molar-refractivity contribution >= 4 is 18.4 Å². The number of halogens is 1. The third-order valence-corrected chi connectivity index (χ3v) is 0.953. The maximum absolute atomic E-state index is 6.45. The standard InChI is InChI=1S/C6H13N3.ClH/c1-2-8-4-3-5-9-6-7;/h7-8H,2-5H2,1H3;1H. The summed E-state index contributed by atoms with van der Waals surface area (Å²) in [6.45, 7) is 4.78. The van der Waals surface area contributed by atoms with Crippen molar-refractivity contribution in [3.8, 4) is 0 Å². The van der Waals surface area contributed by atoms with Crippen LogP contribution in [0.15, 0.2) is 4.99 Å². The van der Waals surface area contributed by atoms with Crippen molar-refractivity contribution in [1.82, 2.24) is 5.32 Å². The van der Waals surface area contributed by atoms with Gasteiger partial charge in [0.1, 0.15) is 0 Å². The number of aliphatic imine (C=N–C) groups is 1. The van der Waals surface area contributed by atoms with Gasteiger partial charge in [0.15, 0.2) is 0 Å². The minimum atomic E-state index is 0. The van der Waals surface area contributed by atoms with E-state index in [0.29, 0.717) is 0 Å². The van der Waals surface area contributed by atoms with Crippen LogP contribution in [0.4, 0.5) is 0 Å². The lowest BCUT2D eigenvalue weighted by Gasteiger charge is -1.95. The second-order valence-electron chi connectivity index (χ2n) is 1.70. The number of nitrogens with one attached hydrogen (secondary N) is 2. The van der Waals surface area contributed by atoms with Crippen molar-refractivity contribution in [3.63, 3.8) is 0 Å². The van der Waals surface area contributed by atoms with Crippen molar-refractivity contribution in [2.24, 2.45) is 4.99 Å². The molecule has 10 heavy (non-hydrogen) atoms. The van der Waals surface area contributed by atoms with E-state index in [1.807, 2.05) is 6.01 Å². The van der Waals surface area contributed by atoms with Crippen LogP contribution in [-0.2, 0) is 0 Å². The van der Waals surface area contributed by atoms with Crippen LogP contribution in [0.2, 0.25) is 0 Å². The maximum atomic E-state index is 6.45. The molecule has 0 aliphatic rings. The van der Waals surface area contributed by atoms with Gasteiger partial charge < -0.3 is 5.32 Å². The first-order chi connectivity index (χ1) is 4.41. The molecule has 0 spiro atoms. The monoisotopic (exact) mass is 163 g/mol. The van der Waals surface area contributed by atoms with Crippen molar-refractivity contribution < 1.29 is 0 Å². The average Bonchev–Trinajstić information content (AvgIpc) is 1.89. The summed E-state index contributed by atoms with van der Waals surface area (Å²) in [6, 6.07) is 1.99. The molecule has 0 aromatic heterocycles. The van der Waals surface area contributed by atoms with Gasteiger partial charge in [0.05, 0.1) is 12.6 Å². The fraction of sp³-hybridized carbons (Fsp3) is 0.833. The van der Waals surface area contributed by atoms with Gasteiger partial charge in [0, 0.05) is 0 Å². The predicted molar refractivity (Wildman–Crippen MR) is 45.4 cm³/mol.